The number of carbonyl (C=O) groups excluding carboxylic acids is 8. The molecule has 8 amide bonds. The molecule has 0 unspecified atom stereocenters. The van der Waals surface area contributed by atoms with Gasteiger partial charge in [0.25, 0.3) is 0 Å². The summed E-state index contributed by atoms with van der Waals surface area (Å²) in [6.45, 7) is -0.150. The Morgan fingerprint density at radius 3 is 1.70 bits per heavy atom. The van der Waals surface area contributed by atoms with Gasteiger partial charge in [-0.05, 0) is 81.9 Å². The summed E-state index contributed by atoms with van der Waals surface area (Å²) in [5.41, 5.74) is 23.8. The third-order valence-electron chi connectivity index (χ3n) is 13.4. The molecule has 24 nitrogen and oxygen atoms in total. The van der Waals surface area contributed by atoms with Gasteiger partial charge < -0.3 is 74.4 Å². The van der Waals surface area contributed by atoms with E-state index in [1.165, 1.54) is 14.7 Å². The average molecular weight is 1030 g/mol. The average Bonchev–Trinajstić information content (AvgIpc) is 4.20. The number of unbranched alkanes of at least 4 members (excludes halogenated alkanes) is 1. The van der Waals surface area contributed by atoms with Gasteiger partial charge in [0.1, 0.15) is 42.3 Å². The van der Waals surface area contributed by atoms with Crippen LogP contribution in [0.2, 0.25) is 0 Å². The quantitative estimate of drug-likeness (QED) is 0.0243. The number of aliphatic hydroxyl groups is 1. The van der Waals surface area contributed by atoms with Crippen LogP contribution in [0.25, 0.3) is 0 Å². The first-order valence-electron chi connectivity index (χ1n) is 25.3. The maximum Gasteiger partial charge on any atom is 0.326 e. The molecule has 24 heteroatoms. The smallest absolute Gasteiger partial charge is 0.326 e. The Morgan fingerprint density at radius 1 is 0.622 bits per heavy atom. The Morgan fingerprint density at radius 2 is 1.15 bits per heavy atom. The minimum absolute atomic E-state index is 0.0168. The number of hydrogen-bond acceptors (Lipinski definition) is 13. The normalized spacial score (nSPS) is 19.3. The summed E-state index contributed by atoms with van der Waals surface area (Å²) in [5, 5.41) is 33.3. The number of aliphatic hydroxyl groups excluding tert-OH is 1. The molecule has 3 aliphatic rings. The number of carboxylic acids is 1. The van der Waals surface area contributed by atoms with Crippen molar-refractivity contribution in [1.82, 2.24) is 41.3 Å². The number of nitrogens with two attached hydrogens (primary N) is 4. The lowest BCUT2D eigenvalue weighted by Gasteiger charge is -2.32. The van der Waals surface area contributed by atoms with E-state index in [0.717, 1.165) is 6.42 Å². The van der Waals surface area contributed by atoms with E-state index < -0.39 is 103 Å². The molecule has 3 aliphatic heterocycles. The van der Waals surface area contributed by atoms with Crippen LogP contribution in [0.4, 0.5) is 0 Å². The van der Waals surface area contributed by atoms with Crippen molar-refractivity contribution >= 4 is 59.2 Å². The van der Waals surface area contributed by atoms with Crippen LogP contribution in [0.3, 0.4) is 0 Å². The number of amides is 8. The van der Waals surface area contributed by atoms with E-state index >= 15 is 0 Å². The first-order valence-corrected chi connectivity index (χ1v) is 25.3. The minimum atomic E-state index is -1.58. The molecule has 8 atom stereocenters. The molecule has 0 spiro atoms. The maximum atomic E-state index is 14.1. The van der Waals surface area contributed by atoms with Gasteiger partial charge in [0.2, 0.25) is 47.3 Å². The number of aliphatic imine (C=N–C) groups is 1. The highest BCUT2D eigenvalue weighted by Gasteiger charge is 2.44. The monoisotopic (exact) mass is 1030 g/mol. The number of nitrogens with one attached hydrogen (secondary N) is 5. The van der Waals surface area contributed by atoms with Crippen molar-refractivity contribution in [2.75, 3.05) is 45.9 Å². The lowest BCUT2D eigenvalue weighted by atomic mass is 10.0. The first kappa shape index (κ1) is 57.7. The fourth-order valence-corrected chi connectivity index (χ4v) is 9.54. The van der Waals surface area contributed by atoms with Gasteiger partial charge in [-0.25, -0.2) is 4.79 Å². The Hall–Kier alpha value is -7.18. The van der Waals surface area contributed by atoms with Crippen molar-refractivity contribution < 1.29 is 53.4 Å². The second kappa shape index (κ2) is 28.9. The molecule has 0 saturated carbocycles. The van der Waals surface area contributed by atoms with E-state index in [9.17, 15) is 53.4 Å². The number of nitrogens with zero attached hydrogens (tertiary/aromatic N) is 4. The molecule has 3 heterocycles. The predicted molar refractivity (Wildman–Crippen MR) is 271 cm³/mol. The van der Waals surface area contributed by atoms with Crippen LogP contribution in [0, 0.1) is 0 Å². The van der Waals surface area contributed by atoms with Crippen molar-refractivity contribution in [2.24, 2.45) is 27.9 Å². The largest absolute Gasteiger partial charge is 0.480 e. The highest BCUT2D eigenvalue weighted by molar-refractivity contribution is 5.98. The zero-order chi connectivity index (χ0) is 53.7. The molecule has 5 rings (SSSR count). The Bertz CT molecular complexity index is 2290. The molecule has 2 aromatic carbocycles. The number of guanidine groups is 1. The molecule has 15 N–H and O–H groups in total. The van der Waals surface area contributed by atoms with E-state index in [4.69, 9.17) is 22.9 Å². The lowest BCUT2D eigenvalue weighted by molar-refractivity contribution is -0.147. The zero-order valence-electron chi connectivity index (χ0n) is 41.7. The third kappa shape index (κ3) is 16.7. The molecular weight excluding hydrogens is 959 g/mol. The van der Waals surface area contributed by atoms with Gasteiger partial charge >= 0.3 is 5.97 Å². The topological polar surface area (TPSA) is 380 Å². The summed E-state index contributed by atoms with van der Waals surface area (Å²) < 4.78 is 0. The van der Waals surface area contributed by atoms with Crippen molar-refractivity contribution in [1.29, 1.82) is 0 Å². The molecule has 404 valence electrons. The highest BCUT2D eigenvalue weighted by Crippen LogP contribution is 2.26. The summed E-state index contributed by atoms with van der Waals surface area (Å²) in [6, 6.07) is 8.27. The van der Waals surface area contributed by atoms with E-state index in [1.807, 2.05) is 0 Å². The van der Waals surface area contributed by atoms with Crippen LogP contribution in [0.15, 0.2) is 65.7 Å². The number of aliphatic carboxylic acids is 1. The summed E-state index contributed by atoms with van der Waals surface area (Å²) in [6.07, 6.45) is 4.36. The van der Waals surface area contributed by atoms with Gasteiger partial charge in [0, 0.05) is 39.0 Å². The maximum absolute atomic E-state index is 14.1. The number of rotatable bonds is 27. The van der Waals surface area contributed by atoms with E-state index in [0.29, 0.717) is 69.2 Å². The number of carboxylic acid groups (broad SMARTS) is 1. The lowest BCUT2D eigenvalue weighted by Crippen LogP contribution is -2.60. The van der Waals surface area contributed by atoms with Crippen molar-refractivity contribution in [3.8, 4) is 0 Å². The number of likely N-dealkylation sites (tertiary alicyclic amines) is 3. The van der Waals surface area contributed by atoms with Gasteiger partial charge in [-0.2, -0.15) is 0 Å². The summed E-state index contributed by atoms with van der Waals surface area (Å²) >= 11 is 0. The molecule has 3 fully saturated rings. The molecule has 0 aliphatic carbocycles. The fourth-order valence-electron chi connectivity index (χ4n) is 9.54. The Kier molecular flexibility index (Phi) is 22.5. The van der Waals surface area contributed by atoms with Gasteiger partial charge in [-0.1, -0.05) is 67.1 Å². The number of hydrogen-bond donors (Lipinski definition) is 11. The summed E-state index contributed by atoms with van der Waals surface area (Å²) in [7, 11) is 0. The van der Waals surface area contributed by atoms with Gasteiger partial charge in [0.05, 0.1) is 19.2 Å². The molecule has 0 bridgehead atoms. The molecular formula is C50H73N13O11. The van der Waals surface area contributed by atoms with Crippen LogP contribution in [0.1, 0.15) is 81.8 Å². The minimum Gasteiger partial charge on any atom is -0.480 e. The van der Waals surface area contributed by atoms with E-state index in [2.05, 4.69) is 31.6 Å². The van der Waals surface area contributed by atoms with E-state index in [-0.39, 0.29) is 69.5 Å². The second-order valence-electron chi connectivity index (χ2n) is 18.8. The SMILES string of the molecule is NCCCC[C@H](N)C(=O)N1CCC[C@H]1C(=O)N1CCC[C@H]1C(=O)NCC(=O)N[C@@H](Cc1ccccc1)C(=O)N[C@@H](CO)C(=O)N1CCC[C@H]1C(=O)N[C@@H](Cc1ccccc1)C(=O)N[C@@H](CCCN=C(N)N)C(=O)O. The highest BCUT2D eigenvalue weighted by atomic mass is 16.4. The van der Waals surface area contributed by atoms with Crippen LogP contribution >= 0.6 is 0 Å². The van der Waals surface area contributed by atoms with Gasteiger partial charge in [-0.3, -0.25) is 43.3 Å². The van der Waals surface area contributed by atoms with E-state index in [1.54, 1.807) is 60.7 Å². The second-order valence-corrected chi connectivity index (χ2v) is 18.8. The number of carbonyl (C=O) groups is 9. The Labute approximate surface area is 430 Å². The fraction of sp³-hybridized carbons (Fsp3) is 0.560. The van der Waals surface area contributed by atoms with Crippen LogP contribution in [0.5, 0.6) is 0 Å². The van der Waals surface area contributed by atoms with Crippen molar-refractivity contribution in [3.63, 3.8) is 0 Å². The third-order valence-corrected chi connectivity index (χ3v) is 13.4. The predicted octanol–water partition coefficient (Wildman–Crippen LogP) is -2.91. The van der Waals surface area contributed by atoms with Gasteiger partial charge in [0.15, 0.2) is 5.96 Å². The molecule has 0 radical (unpaired) electrons. The molecule has 0 aromatic heterocycles. The number of benzene rings is 2. The standard InChI is InChI=1S/C50H73N13O11/c51-22-8-7-17-33(52)46(70)63-26-12-21-40(63)48(72)62-25-10-19-38(62)44(68)56-29-41(65)57-35(27-31-13-3-1-4-14-31)42(66)60-37(30-64)47(71)61-24-11-20-39(61)45(69)59-36(28-32-15-5-2-6-16-32)43(67)58-34(49(73)74)18-9-23-55-50(53)54/h1-6,13-16,33-40,64H,7-12,17-30,51-52H2,(H,56,68)(H,57,65)(H,58,67)(H,59,69)(H,60,66)(H,73,74)(H4,53,54,55)/t33-,34-,35-,36-,37-,38-,39-,40-/m0/s1. The zero-order valence-corrected chi connectivity index (χ0v) is 41.7. The van der Waals surface area contributed by atoms with Crippen molar-refractivity contribution in [2.45, 2.75) is 132 Å². The van der Waals surface area contributed by atoms with Crippen LogP contribution < -0.4 is 49.5 Å². The first-order chi connectivity index (χ1) is 35.5. The summed E-state index contributed by atoms with van der Waals surface area (Å²) in [5.74, 6) is -6.69. The summed E-state index contributed by atoms with van der Waals surface area (Å²) in [4.78, 5) is 130. The van der Waals surface area contributed by atoms with Gasteiger partial charge in [-0.15, -0.1) is 0 Å². The van der Waals surface area contributed by atoms with Crippen molar-refractivity contribution in [3.05, 3.63) is 71.8 Å². The molecule has 2 aromatic rings. The van der Waals surface area contributed by atoms with Crippen LogP contribution in [-0.2, 0) is 56.0 Å². The molecule has 3 saturated heterocycles. The molecule has 74 heavy (non-hydrogen) atoms. The van der Waals surface area contributed by atoms with Crippen LogP contribution in [-0.4, -0.2) is 178 Å². The Balaban J connectivity index is 1.21.